The number of hydrogen-bond donors (Lipinski definition) is 12. The zero-order chi connectivity index (χ0) is 52.7. The van der Waals surface area contributed by atoms with Crippen molar-refractivity contribution in [1.29, 1.82) is 0 Å². The Kier molecular flexibility index (Phi) is 33.3. The summed E-state index contributed by atoms with van der Waals surface area (Å²) in [5.74, 6) is -0.297. The van der Waals surface area contributed by atoms with Crippen LogP contribution < -0.4 is 5.32 Å². The van der Waals surface area contributed by atoms with E-state index in [0.29, 0.717) is 6.42 Å². The third-order valence-corrected chi connectivity index (χ3v) is 13.4. The number of unbranched alkanes of at least 4 members (excludes halogenated alkanes) is 15. The lowest BCUT2D eigenvalue weighted by Crippen LogP contribution is -2.66. The number of hydrogen-bond acceptors (Lipinski definition) is 18. The molecule has 3 saturated heterocycles. The van der Waals surface area contributed by atoms with Crippen LogP contribution in [0.4, 0.5) is 0 Å². The highest BCUT2D eigenvalue weighted by atomic mass is 16.8. The van der Waals surface area contributed by atoms with Crippen molar-refractivity contribution in [3.05, 3.63) is 48.6 Å². The predicted molar refractivity (Wildman–Crippen MR) is 268 cm³/mol. The zero-order valence-electron chi connectivity index (χ0n) is 42.9. The van der Waals surface area contributed by atoms with Gasteiger partial charge < -0.3 is 89.9 Å². The van der Waals surface area contributed by atoms with Crippen LogP contribution in [0.3, 0.4) is 0 Å². The first kappa shape index (κ1) is 64.0. The Morgan fingerprint density at radius 2 is 0.917 bits per heavy atom. The minimum atomic E-state index is -1.98. The molecule has 0 aromatic carbocycles. The smallest absolute Gasteiger partial charge is 0.220 e. The van der Waals surface area contributed by atoms with E-state index in [4.69, 9.17) is 28.4 Å². The minimum Gasteiger partial charge on any atom is -0.394 e. The number of carbonyl (C=O) groups excluding carboxylic acids is 1. The number of amides is 1. The van der Waals surface area contributed by atoms with Crippen LogP contribution in [-0.4, -0.2) is 193 Å². The number of nitrogens with one attached hydrogen (secondary N) is 1. The van der Waals surface area contributed by atoms with Crippen molar-refractivity contribution in [2.24, 2.45) is 0 Å². The highest BCUT2D eigenvalue weighted by molar-refractivity contribution is 5.76. The number of ether oxygens (including phenoxy) is 6. The quantitative estimate of drug-likeness (QED) is 0.0315. The molecule has 418 valence electrons. The van der Waals surface area contributed by atoms with E-state index < -0.39 is 124 Å². The largest absolute Gasteiger partial charge is 0.394 e. The van der Waals surface area contributed by atoms with Gasteiger partial charge in [0.1, 0.15) is 73.2 Å². The van der Waals surface area contributed by atoms with Crippen molar-refractivity contribution in [2.45, 2.75) is 253 Å². The zero-order valence-corrected chi connectivity index (χ0v) is 42.9. The predicted octanol–water partition coefficient (Wildman–Crippen LogP) is 2.75. The third kappa shape index (κ3) is 22.5. The van der Waals surface area contributed by atoms with Gasteiger partial charge in [0.15, 0.2) is 18.9 Å². The summed E-state index contributed by atoms with van der Waals surface area (Å²) in [5.41, 5.74) is 0. The molecule has 72 heavy (non-hydrogen) atoms. The maximum Gasteiger partial charge on any atom is 0.220 e. The molecule has 19 nitrogen and oxygen atoms in total. The minimum absolute atomic E-state index is 0.226. The van der Waals surface area contributed by atoms with Gasteiger partial charge in [0, 0.05) is 6.42 Å². The van der Waals surface area contributed by atoms with Gasteiger partial charge in [0.2, 0.25) is 5.91 Å². The number of rotatable bonds is 37. The standard InChI is InChI=1S/C53H93NO18/c1-3-5-7-9-11-12-13-14-15-16-17-18-19-20-21-22-23-24-25-27-29-31-41(59)54-36(37(58)30-28-26-10-8-6-4-2)35-67-51-47(65)44(62)49(39(33-56)69-51)72-53-48(66)45(63)50(40(34-57)70-53)71-52-46(64)43(61)42(60)38(32-55)68-52/h13-14,16-17,19-20,28,30,36-40,42-53,55-58,60-66H,3-12,15,18,21-27,29,31-35H2,1-2H3,(H,54,59)/b14-13-,17-16-,20-19-,30-28+. The summed E-state index contributed by atoms with van der Waals surface area (Å²) in [6, 6.07) is -0.977. The van der Waals surface area contributed by atoms with Crippen LogP contribution in [0.25, 0.3) is 0 Å². The second kappa shape index (κ2) is 37.5. The highest BCUT2D eigenvalue weighted by Crippen LogP contribution is 2.33. The first-order chi connectivity index (χ1) is 34.8. The molecular weight excluding hydrogens is 939 g/mol. The molecule has 1 amide bonds. The van der Waals surface area contributed by atoms with Crippen molar-refractivity contribution in [2.75, 3.05) is 26.4 Å². The van der Waals surface area contributed by atoms with Gasteiger partial charge in [-0.3, -0.25) is 4.79 Å². The molecule has 3 heterocycles. The van der Waals surface area contributed by atoms with Gasteiger partial charge in [0.05, 0.1) is 38.6 Å². The van der Waals surface area contributed by atoms with E-state index in [9.17, 15) is 61.0 Å². The second-order valence-electron chi connectivity index (χ2n) is 19.3. The van der Waals surface area contributed by atoms with Crippen molar-refractivity contribution < 1.29 is 89.4 Å². The van der Waals surface area contributed by atoms with Crippen molar-refractivity contribution in [3.63, 3.8) is 0 Å². The number of carbonyl (C=O) groups is 1. The third-order valence-electron chi connectivity index (χ3n) is 13.4. The molecule has 0 radical (unpaired) electrons. The summed E-state index contributed by atoms with van der Waals surface area (Å²) < 4.78 is 34.0. The topological polar surface area (TPSA) is 307 Å². The van der Waals surface area contributed by atoms with Crippen LogP contribution in [0.2, 0.25) is 0 Å². The molecule has 12 N–H and O–H groups in total. The van der Waals surface area contributed by atoms with E-state index in [1.165, 1.54) is 38.5 Å². The Morgan fingerprint density at radius 3 is 1.44 bits per heavy atom. The molecule has 0 aromatic heterocycles. The van der Waals surface area contributed by atoms with E-state index >= 15 is 0 Å². The summed E-state index contributed by atoms with van der Waals surface area (Å²) in [6.07, 6.45) is 11.6. The molecule has 3 fully saturated rings. The van der Waals surface area contributed by atoms with Gasteiger partial charge in [-0.15, -0.1) is 0 Å². The van der Waals surface area contributed by atoms with E-state index in [1.54, 1.807) is 6.08 Å². The van der Waals surface area contributed by atoms with E-state index in [2.05, 4.69) is 55.6 Å². The maximum absolute atomic E-state index is 13.2. The van der Waals surface area contributed by atoms with E-state index in [1.807, 2.05) is 6.08 Å². The van der Waals surface area contributed by atoms with Crippen molar-refractivity contribution in [3.8, 4) is 0 Å². The molecule has 0 spiro atoms. The maximum atomic E-state index is 13.2. The van der Waals surface area contributed by atoms with E-state index in [0.717, 1.165) is 83.5 Å². The van der Waals surface area contributed by atoms with Gasteiger partial charge in [-0.1, -0.05) is 133 Å². The second-order valence-corrected chi connectivity index (χ2v) is 19.3. The molecule has 3 rings (SSSR count). The highest BCUT2D eigenvalue weighted by Gasteiger charge is 2.53. The normalized spacial score (nSPS) is 32.4. The number of allylic oxidation sites excluding steroid dienone is 7. The number of aliphatic hydroxyl groups is 11. The van der Waals surface area contributed by atoms with Crippen LogP contribution in [0.1, 0.15) is 149 Å². The van der Waals surface area contributed by atoms with Gasteiger partial charge in [-0.2, -0.15) is 0 Å². The lowest BCUT2D eigenvalue weighted by molar-refractivity contribution is -0.379. The van der Waals surface area contributed by atoms with E-state index in [-0.39, 0.29) is 18.9 Å². The molecule has 17 atom stereocenters. The van der Waals surface area contributed by atoms with Gasteiger partial charge in [0.25, 0.3) is 0 Å². The first-order valence-corrected chi connectivity index (χ1v) is 26.9. The molecule has 0 aliphatic carbocycles. The Balaban J connectivity index is 1.47. The summed E-state index contributed by atoms with van der Waals surface area (Å²) in [5, 5.41) is 119. The molecule has 17 unspecified atom stereocenters. The molecular formula is C53H93NO18. The SMILES string of the molecule is CCCCCC/C=C/C(O)C(COC1OC(CO)C(OC2OC(CO)C(OC3OC(CO)C(O)C(O)C3O)C(O)C2O)C(O)C1O)NC(=O)CCCCCCCC/C=C\C/C=C\C/C=C\CCCCCCC. The van der Waals surface area contributed by atoms with Gasteiger partial charge in [-0.05, 0) is 57.8 Å². The molecule has 3 aliphatic heterocycles. The Bertz CT molecular complexity index is 1520. The average molecular weight is 1030 g/mol. The lowest BCUT2D eigenvalue weighted by atomic mass is 9.96. The van der Waals surface area contributed by atoms with Crippen LogP contribution in [0.5, 0.6) is 0 Å². The Labute approximate surface area is 427 Å². The fraction of sp³-hybridized carbons (Fsp3) is 0.830. The molecule has 0 aromatic rings. The first-order valence-electron chi connectivity index (χ1n) is 26.9. The fourth-order valence-corrected chi connectivity index (χ4v) is 8.84. The lowest BCUT2D eigenvalue weighted by Gasteiger charge is -2.48. The van der Waals surface area contributed by atoms with Crippen LogP contribution in [0, 0.1) is 0 Å². The van der Waals surface area contributed by atoms with Crippen molar-refractivity contribution in [1.82, 2.24) is 5.32 Å². The van der Waals surface area contributed by atoms with Crippen molar-refractivity contribution >= 4 is 5.91 Å². The Morgan fingerprint density at radius 1 is 0.500 bits per heavy atom. The monoisotopic (exact) mass is 1030 g/mol. The van der Waals surface area contributed by atoms with Crippen LogP contribution in [0.15, 0.2) is 48.6 Å². The molecule has 0 bridgehead atoms. The molecule has 0 saturated carbocycles. The summed E-state index contributed by atoms with van der Waals surface area (Å²) >= 11 is 0. The summed E-state index contributed by atoms with van der Waals surface area (Å²) in [7, 11) is 0. The Hall–Kier alpha value is -2.25. The molecule has 19 heteroatoms. The summed E-state index contributed by atoms with van der Waals surface area (Å²) in [6.45, 7) is 1.57. The fourth-order valence-electron chi connectivity index (χ4n) is 8.84. The molecule has 3 aliphatic rings. The van der Waals surface area contributed by atoms with Crippen LogP contribution in [-0.2, 0) is 33.2 Å². The van der Waals surface area contributed by atoms with Crippen LogP contribution >= 0.6 is 0 Å². The number of aliphatic hydroxyl groups excluding tert-OH is 11. The average Bonchev–Trinajstić information content (AvgIpc) is 3.38. The van der Waals surface area contributed by atoms with Gasteiger partial charge >= 0.3 is 0 Å². The van der Waals surface area contributed by atoms with Gasteiger partial charge in [-0.25, -0.2) is 0 Å². The summed E-state index contributed by atoms with van der Waals surface area (Å²) in [4.78, 5) is 13.2.